The summed E-state index contributed by atoms with van der Waals surface area (Å²) in [6.07, 6.45) is -1.02. The van der Waals surface area contributed by atoms with Gasteiger partial charge in [-0.3, -0.25) is 4.79 Å². The van der Waals surface area contributed by atoms with E-state index in [0.29, 0.717) is 35.6 Å². The van der Waals surface area contributed by atoms with Crippen LogP contribution in [0.5, 0.6) is 11.5 Å². The molecule has 2 aromatic rings. The molecule has 0 aliphatic heterocycles. The van der Waals surface area contributed by atoms with Crippen LogP contribution in [0.4, 0.5) is 13.2 Å². The van der Waals surface area contributed by atoms with E-state index in [4.69, 9.17) is 14.7 Å². The predicted molar refractivity (Wildman–Crippen MR) is 101 cm³/mol. The van der Waals surface area contributed by atoms with Gasteiger partial charge in [-0.05, 0) is 47.9 Å². The maximum absolute atomic E-state index is 12.5. The lowest BCUT2D eigenvalue weighted by Gasteiger charge is -2.09. The standard InChI is InChI=1S/C21H19F3N2O3/c1-28-19-14-16(4-8-18(19)29-13-11-25)5-9-20(27)26-12-10-15-2-6-17(7-3-15)21(22,23)24/h2-9,14H,10,12-13H2,1H3,(H,26,27)/b9-5+. The largest absolute Gasteiger partial charge is 0.493 e. The second-order valence-electron chi connectivity index (χ2n) is 5.93. The number of benzene rings is 2. The molecule has 1 N–H and O–H groups in total. The SMILES string of the molecule is COc1cc(/C=C/C(=O)NCCc2ccc(C(F)(F)F)cc2)ccc1OCC#N. The van der Waals surface area contributed by atoms with Crippen molar-refractivity contribution in [1.82, 2.24) is 5.32 Å². The van der Waals surface area contributed by atoms with Crippen molar-refractivity contribution in [2.45, 2.75) is 12.6 Å². The zero-order chi connectivity index (χ0) is 21.3. The van der Waals surface area contributed by atoms with Crippen LogP contribution in [0.1, 0.15) is 16.7 Å². The molecule has 0 heterocycles. The second kappa shape index (κ2) is 10.2. The average Bonchev–Trinajstić information content (AvgIpc) is 2.70. The maximum Gasteiger partial charge on any atom is 0.416 e. The number of amides is 1. The van der Waals surface area contributed by atoms with Gasteiger partial charge in [0.05, 0.1) is 12.7 Å². The van der Waals surface area contributed by atoms with Crippen molar-refractivity contribution >= 4 is 12.0 Å². The van der Waals surface area contributed by atoms with E-state index in [1.807, 2.05) is 6.07 Å². The zero-order valence-electron chi connectivity index (χ0n) is 15.6. The first-order valence-corrected chi connectivity index (χ1v) is 8.63. The summed E-state index contributed by atoms with van der Waals surface area (Å²) in [4.78, 5) is 11.9. The molecule has 1 amide bonds. The lowest BCUT2D eigenvalue weighted by Crippen LogP contribution is -2.23. The van der Waals surface area contributed by atoms with E-state index in [2.05, 4.69) is 5.32 Å². The lowest BCUT2D eigenvalue weighted by molar-refractivity contribution is -0.137. The van der Waals surface area contributed by atoms with Crippen molar-refractivity contribution in [3.63, 3.8) is 0 Å². The van der Waals surface area contributed by atoms with Gasteiger partial charge < -0.3 is 14.8 Å². The summed E-state index contributed by atoms with van der Waals surface area (Å²) in [5.41, 5.74) is 0.691. The Hall–Kier alpha value is -3.47. The van der Waals surface area contributed by atoms with Crippen LogP contribution in [-0.2, 0) is 17.4 Å². The molecule has 0 aliphatic rings. The van der Waals surface area contributed by atoms with E-state index < -0.39 is 11.7 Å². The van der Waals surface area contributed by atoms with Crippen molar-refractivity contribution in [3.8, 4) is 17.6 Å². The van der Waals surface area contributed by atoms with E-state index >= 15 is 0 Å². The van der Waals surface area contributed by atoms with Crippen LogP contribution in [0.2, 0.25) is 0 Å². The molecule has 0 aliphatic carbocycles. The molecule has 0 bridgehead atoms. The summed E-state index contributed by atoms with van der Waals surface area (Å²) in [5, 5.41) is 11.2. The molecular formula is C21H19F3N2O3. The molecule has 0 unspecified atom stereocenters. The van der Waals surface area contributed by atoms with Crippen LogP contribution in [0.15, 0.2) is 48.5 Å². The Labute approximate surface area is 166 Å². The number of carbonyl (C=O) groups excluding carboxylic acids is 1. The first-order chi connectivity index (χ1) is 13.8. The smallest absolute Gasteiger partial charge is 0.416 e. The van der Waals surface area contributed by atoms with Gasteiger partial charge in [0.25, 0.3) is 0 Å². The highest BCUT2D eigenvalue weighted by Crippen LogP contribution is 2.29. The third kappa shape index (κ3) is 6.88. The number of halogens is 3. The minimum absolute atomic E-state index is 0.104. The third-order valence-electron chi connectivity index (χ3n) is 3.90. The van der Waals surface area contributed by atoms with Gasteiger partial charge in [0, 0.05) is 12.6 Å². The zero-order valence-corrected chi connectivity index (χ0v) is 15.6. The Morgan fingerprint density at radius 3 is 2.52 bits per heavy atom. The molecule has 2 aromatic carbocycles. The number of carbonyl (C=O) groups is 1. The fourth-order valence-electron chi connectivity index (χ4n) is 2.44. The van der Waals surface area contributed by atoms with Gasteiger partial charge in [-0.1, -0.05) is 18.2 Å². The Balaban J connectivity index is 1.86. The number of nitriles is 1. The van der Waals surface area contributed by atoms with Gasteiger partial charge in [-0.2, -0.15) is 18.4 Å². The molecule has 0 saturated heterocycles. The lowest BCUT2D eigenvalue weighted by atomic mass is 10.1. The van der Waals surface area contributed by atoms with Crippen LogP contribution < -0.4 is 14.8 Å². The van der Waals surface area contributed by atoms with Crippen LogP contribution in [-0.4, -0.2) is 26.2 Å². The number of hydrogen-bond acceptors (Lipinski definition) is 4. The number of alkyl halides is 3. The van der Waals surface area contributed by atoms with Crippen molar-refractivity contribution in [2.24, 2.45) is 0 Å². The van der Waals surface area contributed by atoms with Gasteiger partial charge in [-0.25, -0.2) is 0 Å². The van der Waals surface area contributed by atoms with Crippen LogP contribution in [0.3, 0.4) is 0 Å². The first-order valence-electron chi connectivity index (χ1n) is 8.63. The average molecular weight is 404 g/mol. The van der Waals surface area contributed by atoms with Crippen LogP contribution in [0, 0.1) is 11.3 Å². The van der Waals surface area contributed by atoms with Gasteiger partial charge in [0.15, 0.2) is 18.1 Å². The summed E-state index contributed by atoms with van der Waals surface area (Å²) in [6, 6.07) is 11.7. The summed E-state index contributed by atoms with van der Waals surface area (Å²) < 4.78 is 48.0. The number of methoxy groups -OCH3 is 1. The highest BCUT2D eigenvalue weighted by molar-refractivity contribution is 5.91. The monoisotopic (exact) mass is 404 g/mol. The van der Waals surface area contributed by atoms with Gasteiger partial charge in [0.1, 0.15) is 6.07 Å². The minimum atomic E-state index is -4.36. The number of ether oxygens (including phenoxy) is 2. The summed E-state index contributed by atoms with van der Waals surface area (Å²) in [6.45, 7) is 0.186. The normalized spacial score (nSPS) is 11.1. The second-order valence-corrected chi connectivity index (χ2v) is 5.93. The van der Waals surface area contributed by atoms with Gasteiger partial charge in [-0.15, -0.1) is 0 Å². The molecule has 0 spiro atoms. The predicted octanol–water partition coefficient (Wildman–Crippen LogP) is 3.99. The molecule has 0 radical (unpaired) electrons. The minimum Gasteiger partial charge on any atom is -0.493 e. The Morgan fingerprint density at radius 2 is 1.90 bits per heavy atom. The number of nitrogens with one attached hydrogen (secondary N) is 1. The number of rotatable bonds is 8. The molecule has 8 heteroatoms. The van der Waals surface area contributed by atoms with E-state index in [1.54, 1.807) is 24.3 Å². The molecule has 5 nitrogen and oxygen atoms in total. The molecular weight excluding hydrogens is 385 g/mol. The molecule has 29 heavy (non-hydrogen) atoms. The summed E-state index contributed by atoms with van der Waals surface area (Å²) >= 11 is 0. The first kappa shape index (κ1) is 21.8. The van der Waals surface area contributed by atoms with E-state index in [1.165, 1.54) is 25.3 Å². The summed E-state index contributed by atoms with van der Waals surface area (Å²) in [7, 11) is 1.47. The topological polar surface area (TPSA) is 71.3 Å². The van der Waals surface area contributed by atoms with E-state index in [9.17, 15) is 18.0 Å². The van der Waals surface area contributed by atoms with Crippen molar-refractivity contribution in [2.75, 3.05) is 20.3 Å². The van der Waals surface area contributed by atoms with Crippen molar-refractivity contribution in [3.05, 3.63) is 65.2 Å². The van der Waals surface area contributed by atoms with E-state index in [0.717, 1.165) is 12.1 Å². The van der Waals surface area contributed by atoms with Crippen LogP contribution >= 0.6 is 0 Å². The van der Waals surface area contributed by atoms with Crippen molar-refractivity contribution in [1.29, 1.82) is 5.26 Å². The molecule has 0 fully saturated rings. The highest BCUT2D eigenvalue weighted by atomic mass is 19.4. The Bertz CT molecular complexity index is 901. The number of nitrogens with zero attached hydrogens (tertiary/aromatic N) is 1. The van der Waals surface area contributed by atoms with Gasteiger partial charge >= 0.3 is 6.18 Å². The fraction of sp³-hybridized carbons (Fsp3) is 0.238. The Morgan fingerprint density at radius 1 is 1.17 bits per heavy atom. The number of hydrogen-bond donors (Lipinski definition) is 1. The van der Waals surface area contributed by atoms with Crippen molar-refractivity contribution < 1.29 is 27.4 Å². The molecule has 0 aromatic heterocycles. The molecule has 0 atom stereocenters. The quantitative estimate of drug-likeness (QED) is 0.676. The summed E-state index contributed by atoms with van der Waals surface area (Å²) in [5.74, 6) is 0.526. The third-order valence-corrected chi connectivity index (χ3v) is 3.90. The maximum atomic E-state index is 12.5. The van der Waals surface area contributed by atoms with E-state index in [-0.39, 0.29) is 12.5 Å². The molecule has 0 saturated carbocycles. The molecule has 152 valence electrons. The molecule has 2 rings (SSSR count). The highest BCUT2D eigenvalue weighted by Gasteiger charge is 2.29. The van der Waals surface area contributed by atoms with Gasteiger partial charge in [0.2, 0.25) is 5.91 Å². The van der Waals surface area contributed by atoms with Crippen LogP contribution in [0.25, 0.3) is 6.08 Å². The fourth-order valence-corrected chi connectivity index (χ4v) is 2.44. The Kier molecular flexibility index (Phi) is 7.66.